The topological polar surface area (TPSA) is 135 Å². The van der Waals surface area contributed by atoms with E-state index in [9.17, 15) is 15.0 Å². The Balaban J connectivity index is 1.39. The molecule has 0 unspecified atom stereocenters. The molecule has 3 aromatic rings. The van der Waals surface area contributed by atoms with Crippen LogP contribution in [0.1, 0.15) is 39.9 Å². The number of anilines is 1. The minimum atomic E-state index is -1.29. The largest absolute Gasteiger partial charge is 0.508 e. The van der Waals surface area contributed by atoms with Gasteiger partial charge in [-0.3, -0.25) is 0 Å². The predicted octanol–water partition coefficient (Wildman–Crippen LogP) is 3.71. The van der Waals surface area contributed by atoms with Gasteiger partial charge in [0.25, 0.3) is 0 Å². The number of nitrogens with two attached hydrogens (primary N) is 1. The van der Waals surface area contributed by atoms with Gasteiger partial charge in [-0.15, -0.1) is 0 Å². The van der Waals surface area contributed by atoms with Crippen molar-refractivity contribution >= 4 is 29.0 Å². The number of hydrogen-bond acceptors (Lipinski definition) is 8. The Morgan fingerprint density at radius 1 is 0.946 bits per heavy atom. The molecular formula is C27H27N3O6S. The highest BCUT2D eigenvalue weighted by molar-refractivity contribution is 7.80. The Bertz CT molecular complexity index is 1310. The van der Waals surface area contributed by atoms with Crippen LogP contribution in [0, 0.1) is 0 Å². The van der Waals surface area contributed by atoms with Gasteiger partial charge in [0.15, 0.2) is 10.7 Å². The summed E-state index contributed by atoms with van der Waals surface area (Å²) in [5, 5.41) is 26.7. The number of carbonyl (C=O) groups excluding carboxylic acids is 1. The second-order valence-electron chi connectivity index (χ2n) is 8.78. The maximum absolute atomic E-state index is 13.2. The van der Waals surface area contributed by atoms with Crippen LogP contribution in [0.5, 0.6) is 23.0 Å². The second kappa shape index (κ2) is 10.3. The molecule has 0 atom stereocenters. The molecule has 2 aliphatic rings. The van der Waals surface area contributed by atoms with E-state index in [0.717, 1.165) is 12.8 Å². The van der Waals surface area contributed by atoms with Crippen molar-refractivity contribution < 1.29 is 29.2 Å². The number of nitrogens with one attached hydrogen (secondary N) is 2. The monoisotopic (exact) mass is 521 g/mol. The van der Waals surface area contributed by atoms with E-state index in [1.54, 1.807) is 18.2 Å². The summed E-state index contributed by atoms with van der Waals surface area (Å²) >= 11 is 5.40. The summed E-state index contributed by atoms with van der Waals surface area (Å²) in [7, 11) is 0. The van der Waals surface area contributed by atoms with Gasteiger partial charge in [0.1, 0.15) is 23.0 Å². The lowest BCUT2D eigenvalue weighted by atomic mass is 9.77. The van der Waals surface area contributed by atoms with Crippen LogP contribution < -0.4 is 21.1 Å². The second-order valence-corrected chi connectivity index (χ2v) is 9.19. The highest BCUT2D eigenvalue weighted by Gasteiger charge is 2.53. The van der Waals surface area contributed by atoms with Crippen molar-refractivity contribution in [1.82, 2.24) is 5.32 Å². The number of carbonyl (C=O) groups is 1. The van der Waals surface area contributed by atoms with Crippen LogP contribution in [0.4, 0.5) is 5.69 Å². The Hall–Kier alpha value is -3.86. The number of phenols is 2. The van der Waals surface area contributed by atoms with Crippen molar-refractivity contribution in [2.75, 3.05) is 31.6 Å². The fraction of sp³-hybridized carbons (Fsp3) is 0.259. The fourth-order valence-electron chi connectivity index (χ4n) is 4.62. The minimum Gasteiger partial charge on any atom is -0.508 e. The van der Waals surface area contributed by atoms with E-state index in [0.29, 0.717) is 70.9 Å². The lowest BCUT2D eigenvalue weighted by Crippen LogP contribution is -2.33. The Morgan fingerprint density at radius 2 is 1.59 bits per heavy atom. The smallest absolute Gasteiger partial charge is 0.340 e. The molecule has 0 fully saturated rings. The molecule has 0 saturated heterocycles. The van der Waals surface area contributed by atoms with Gasteiger partial charge in [-0.05, 0) is 68.0 Å². The third kappa shape index (κ3) is 4.66. The van der Waals surface area contributed by atoms with Gasteiger partial charge < -0.3 is 40.8 Å². The van der Waals surface area contributed by atoms with Gasteiger partial charge in [0.2, 0.25) is 0 Å². The zero-order chi connectivity index (χ0) is 26.0. The maximum atomic E-state index is 13.2. The molecule has 6 N–H and O–H groups in total. The number of benzene rings is 3. The first-order valence-corrected chi connectivity index (χ1v) is 12.4. The van der Waals surface area contributed by atoms with Crippen molar-refractivity contribution in [2.45, 2.75) is 18.4 Å². The lowest BCUT2D eigenvalue weighted by molar-refractivity contribution is 0.0224. The van der Waals surface area contributed by atoms with E-state index in [-0.39, 0.29) is 11.5 Å². The zero-order valence-electron chi connectivity index (χ0n) is 20.0. The number of ether oxygens (including phenoxy) is 3. The van der Waals surface area contributed by atoms with Crippen molar-refractivity contribution in [3.8, 4) is 23.0 Å². The number of phenolic OH excluding ortho intramolecular Hbond substituents is 2. The average molecular weight is 522 g/mol. The third-order valence-electron chi connectivity index (χ3n) is 6.28. The standard InChI is InChI=1S/C27H27N3O6S/c28-9-1-11-34-12-2-10-29-26(37)30-16-3-6-20-19(13-16)25(33)36-27(20)21-7-4-17(31)14-23(21)35-24-15-18(32)5-8-22(24)27/h3-8,13-15,31-32H,1-2,9-12,28H2,(H2,29,30,37). The molecule has 0 amide bonds. The highest BCUT2D eigenvalue weighted by atomic mass is 32.1. The molecule has 3 aromatic carbocycles. The molecular weight excluding hydrogens is 494 g/mol. The van der Waals surface area contributed by atoms with Crippen LogP contribution in [0.15, 0.2) is 54.6 Å². The Kier molecular flexibility index (Phi) is 6.88. The summed E-state index contributed by atoms with van der Waals surface area (Å²) in [5.74, 6) is 0.165. The quantitative estimate of drug-likeness (QED) is 0.170. The minimum absolute atomic E-state index is 0.00438. The SMILES string of the molecule is NCCCOCCCNC(=S)Nc1ccc2c(c1)C(=O)OC21c2ccc(O)cc2Oc2cc(O)ccc21. The van der Waals surface area contributed by atoms with Crippen molar-refractivity contribution in [1.29, 1.82) is 0 Å². The summed E-state index contributed by atoms with van der Waals surface area (Å²) in [6, 6.07) is 14.6. The summed E-state index contributed by atoms with van der Waals surface area (Å²) < 4.78 is 17.5. The molecule has 1 spiro atoms. The number of esters is 1. The first kappa shape index (κ1) is 24.8. The molecule has 2 heterocycles. The van der Waals surface area contributed by atoms with E-state index in [1.165, 1.54) is 24.3 Å². The van der Waals surface area contributed by atoms with Gasteiger partial charge in [-0.25, -0.2) is 4.79 Å². The summed E-state index contributed by atoms with van der Waals surface area (Å²) in [5.41, 5.74) is 6.93. The van der Waals surface area contributed by atoms with Crippen LogP contribution in [0.25, 0.3) is 0 Å². The van der Waals surface area contributed by atoms with Crippen molar-refractivity contribution in [3.63, 3.8) is 0 Å². The molecule has 9 nitrogen and oxygen atoms in total. The van der Waals surface area contributed by atoms with Gasteiger partial charge in [0, 0.05) is 54.3 Å². The van der Waals surface area contributed by atoms with Crippen LogP contribution in [-0.2, 0) is 15.1 Å². The normalized spacial score (nSPS) is 14.2. The van der Waals surface area contributed by atoms with E-state index in [1.807, 2.05) is 12.1 Å². The van der Waals surface area contributed by atoms with Gasteiger partial charge in [-0.2, -0.15) is 0 Å². The van der Waals surface area contributed by atoms with E-state index < -0.39 is 11.6 Å². The van der Waals surface area contributed by atoms with Crippen molar-refractivity contribution in [2.24, 2.45) is 5.73 Å². The van der Waals surface area contributed by atoms with E-state index in [4.69, 9.17) is 32.2 Å². The lowest BCUT2D eigenvalue weighted by Gasteiger charge is -2.36. The number of hydrogen-bond donors (Lipinski definition) is 5. The number of rotatable bonds is 8. The number of fused-ring (bicyclic) bond motifs is 6. The first-order chi connectivity index (χ1) is 17.9. The fourth-order valence-corrected chi connectivity index (χ4v) is 4.84. The molecule has 192 valence electrons. The molecule has 0 bridgehead atoms. The van der Waals surface area contributed by atoms with Gasteiger partial charge >= 0.3 is 5.97 Å². The van der Waals surface area contributed by atoms with Crippen LogP contribution in [-0.4, -0.2) is 47.6 Å². The molecule has 0 aromatic heterocycles. The Morgan fingerprint density at radius 3 is 2.27 bits per heavy atom. The Labute approximate surface area is 219 Å². The van der Waals surface area contributed by atoms with Crippen LogP contribution >= 0.6 is 12.2 Å². The number of thiocarbonyl (C=S) groups is 1. The summed E-state index contributed by atoms with van der Waals surface area (Å²) in [6.45, 7) is 2.51. The van der Waals surface area contributed by atoms with Crippen LogP contribution in [0.3, 0.4) is 0 Å². The maximum Gasteiger partial charge on any atom is 0.340 e. The van der Waals surface area contributed by atoms with Crippen LogP contribution in [0.2, 0.25) is 0 Å². The molecule has 0 saturated carbocycles. The average Bonchev–Trinajstić information content (AvgIpc) is 3.15. The molecule has 2 aliphatic heterocycles. The molecule has 5 rings (SSSR count). The number of aromatic hydroxyl groups is 2. The van der Waals surface area contributed by atoms with E-state index >= 15 is 0 Å². The molecule has 0 radical (unpaired) electrons. The van der Waals surface area contributed by atoms with Crippen molar-refractivity contribution in [3.05, 3.63) is 76.9 Å². The summed E-state index contributed by atoms with van der Waals surface area (Å²) in [4.78, 5) is 13.2. The van der Waals surface area contributed by atoms with E-state index in [2.05, 4.69) is 10.6 Å². The molecule has 0 aliphatic carbocycles. The molecule has 10 heteroatoms. The molecule has 37 heavy (non-hydrogen) atoms. The predicted molar refractivity (Wildman–Crippen MR) is 141 cm³/mol. The van der Waals surface area contributed by atoms with Gasteiger partial charge in [-0.1, -0.05) is 6.07 Å². The highest BCUT2D eigenvalue weighted by Crippen LogP contribution is 2.57. The summed E-state index contributed by atoms with van der Waals surface area (Å²) in [6.07, 6.45) is 1.63. The first-order valence-electron chi connectivity index (χ1n) is 12.0. The third-order valence-corrected chi connectivity index (χ3v) is 6.52. The van der Waals surface area contributed by atoms with Gasteiger partial charge in [0.05, 0.1) is 5.56 Å². The zero-order valence-corrected chi connectivity index (χ0v) is 20.8.